The van der Waals surface area contributed by atoms with E-state index in [-0.39, 0.29) is 5.82 Å². The molecule has 1 N–H and O–H groups in total. The van der Waals surface area contributed by atoms with Crippen molar-refractivity contribution in [3.05, 3.63) is 34.2 Å². The van der Waals surface area contributed by atoms with Crippen LogP contribution >= 0.6 is 27.5 Å². The molecule has 0 saturated heterocycles. The smallest absolute Gasteiger partial charge is 0.263 e. The van der Waals surface area contributed by atoms with E-state index in [1.165, 1.54) is 23.7 Å². The minimum absolute atomic E-state index is 0.329. The summed E-state index contributed by atoms with van der Waals surface area (Å²) in [6.45, 7) is 1.88. The summed E-state index contributed by atoms with van der Waals surface area (Å²) in [5, 5.41) is 7.87. The highest BCUT2D eigenvalue weighted by Gasteiger charge is 2.20. The maximum Gasteiger partial charge on any atom is 0.263 e. The van der Waals surface area contributed by atoms with Gasteiger partial charge >= 0.3 is 0 Å². The Kier molecular flexibility index (Phi) is 3.73. The molecule has 0 spiro atoms. The Balaban J connectivity index is 2.06. The van der Waals surface area contributed by atoms with Crippen LogP contribution in [0.25, 0.3) is 22.8 Å². The molecule has 0 atom stereocenters. The molecule has 0 saturated carbocycles. The zero-order chi connectivity index (χ0) is 15.0. The van der Waals surface area contributed by atoms with Crippen LogP contribution in [0.5, 0.6) is 0 Å². The molecule has 8 heteroatoms. The minimum Gasteiger partial charge on any atom is -0.378 e. The summed E-state index contributed by atoms with van der Waals surface area (Å²) < 4.78 is 23.3. The number of halogens is 2. The van der Waals surface area contributed by atoms with Gasteiger partial charge in [0.05, 0.1) is 11.3 Å². The Hall–Kier alpha value is -1.80. The molecule has 21 heavy (non-hydrogen) atoms. The van der Waals surface area contributed by atoms with Gasteiger partial charge in [0.15, 0.2) is 0 Å². The van der Waals surface area contributed by atoms with Gasteiger partial charge in [0.1, 0.15) is 10.8 Å². The molecule has 0 unspecified atom stereocenters. The Morgan fingerprint density at radius 1 is 1.38 bits per heavy atom. The monoisotopic (exact) mass is 368 g/mol. The van der Waals surface area contributed by atoms with E-state index in [1.807, 2.05) is 14.0 Å². The highest BCUT2D eigenvalue weighted by molar-refractivity contribution is 9.10. The molecule has 0 amide bonds. The second-order valence-corrected chi connectivity index (χ2v) is 5.90. The number of rotatable bonds is 3. The van der Waals surface area contributed by atoms with Gasteiger partial charge in [-0.1, -0.05) is 5.16 Å². The molecule has 0 aliphatic carbocycles. The van der Waals surface area contributed by atoms with E-state index in [9.17, 15) is 4.39 Å². The third-order valence-corrected chi connectivity index (χ3v) is 4.51. The summed E-state index contributed by atoms with van der Waals surface area (Å²) in [4.78, 5) is 4.38. The first-order chi connectivity index (χ1) is 10.1. The van der Waals surface area contributed by atoms with Crippen LogP contribution in [0.2, 0.25) is 0 Å². The van der Waals surface area contributed by atoms with Crippen molar-refractivity contribution in [3.8, 4) is 22.8 Å². The van der Waals surface area contributed by atoms with Crippen molar-refractivity contribution in [1.29, 1.82) is 0 Å². The zero-order valence-corrected chi connectivity index (χ0v) is 13.5. The van der Waals surface area contributed by atoms with Crippen molar-refractivity contribution in [2.45, 2.75) is 6.92 Å². The molecule has 0 fully saturated rings. The Morgan fingerprint density at radius 2 is 2.19 bits per heavy atom. The Morgan fingerprint density at radius 3 is 2.90 bits per heavy atom. The summed E-state index contributed by atoms with van der Waals surface area (Å²) in [6.07, 6.45) is 0. The number of nitrogens with zero attached hydrogens (tertiary/aromatic N) is 3. The van der Waals surface area contributed by atoms with Crippen LogP contribution in [0.4, 0.5) is 9.39 Å². The SMILES string of the molecule is CNc1snc(C)c1-c1nc(-c2ccc(F)cc2Br)no1. The van der Waals surface area contributed by atoms with Gasteiger partial charge in [-0.05, 0) is 52.6 Å². The van der Waals surface area contributed by atoms with Crippen LogP contribution in [0.1, 0.15) is 5.69 Å². The second-order valence-electron chi connectivity index (χ2n) is 4.27. The first kappa shape index (κ1) is 14.2. The van der Waals surface area contributed by atoms with Crippen molar-refractivity contribution in [3.63, 3.8) is 0 Å². The van der Waals surface area contributed by atoms with Gasteiger partial charge in [0, 0.05) is 17.1 Å². The number of hydrogen-bond donors (Lipinski definition) is 1. The average Bonchev–Trinajstić information content (AvgIpc) is 3.05. The van der Waals surface area contributed by atoms with Gasteiger partial charge in [0.25, 0.3) is 5.89 Å². The van der Waals surface area contributed by atoms with Crippen molar-refractivity contribution in [2.24, 2.45) is 0 Å². The van der Waals surface area contributed by atoms with E-state index in [4.69, 9.17) is 4.52 Å². The number of aromatic nitrogens is 3. The number of hydrogen-bond acceptors (Lipinski definition) is 6. The topological polar surface area (TPSA) is 63.8 Å². The second kappa shape index (κ2) is 5.53. The molecular weight excluding hydrogens is 359 g/mol. The summed E-state index contributed by atoms with van der Waals surface area (Å²) in [5.41, 5.74) is 2.27. The first-order valence-corrected chi connectivity index (χ1v) is 7.60. The average molecular weight is 369 g/mol. The van der Waals surface area contributed by atoms with Crippen LogP contribution in [0.3, 0.4) is 0 Å². The number of anilines is 1. The van der Waals surface area contributed by atoms with Crippen molar-refractivity contribution in [1.82, 2.24) is 14.5 Å². The molecule has 5 nitrogen and oxygen atoms in total. The summed E-state index contributed by atoms with van der Waals surface area (Å²) in [6, 6.07) is 4.32. The lowest BCUT2D eigenvalue weighted by Gasteiger charge is -1.98. The summed E-state index contributed by atoms with van der Waals surface area (Å²) in [5.74, 6) is 0.450. The predicted molar refractivity (Wildman–Crippen MR) is 82.8 cm³/mol. The lowest BCUT2D eigenvalue weighted by Crippen LogP contribution is -1.89. The number of aryl methyl sites for hydroxylation is 1. The van der Waals surface area contributed by atoms with Crippen LogP contribution < -0.4 is 5.32 Å². The third-order valence-electron chi connectivity index (χ3n) is 2.90. The van der Waals surface area contributed by atoms with E-state index >= 15 is 0 Å². The highest BCUT2D eigenvalue weighted by atomic mass is 79.9. The van der Waals surface area contributed by atoms with Crippen molar-refractivity contribution >= 4 is 32.5 Å². The minimum atomic E-state index is -0.329. The molecular formula is C13H10BrFN4OS. The van der Waals surface area contributed by atoms with Crippen LogP contribution in [-0.2, 0) is 0 Å². The van der Waals surface area contributed by atoms with Crippen molar-refractivity contribution in [2.75, 3.05) is 12.4 Å². The Bertz CT molecular complexity index is 801. The molecule has 0 aliphatic rings. The first-order valence-electron chi connectivity index (χ1n) is 6.03. The third kappa shape index (κ3) is 2.56. The highest BCUT2D eigenvalue weighted by Crippen LogP contribution is 2.35. The lowest BCUT2D eigenvalue weighted by molar-refractivity contribution is 0.432. The van der Waals surface area contributed by atoms with Gasteiger partial charge < -0.3 is 9.84 Å². The predicted octanol–water partition coefficient (Wildman–Crippen LogP) is 4.11. The van der Waals surface area contributed by atoms with Crippen LogP contribution in [-0.4, -0.2) is 21.6 Å². The summed E-state index contributed by atoms with van der Waals surface area (Å²) in [7, 11) is 1.81. The fourth-order valence-corrected chi connectivity index (χ4v) is 3.16. The summed E-state index contributed by atoms with van der Waals surface area (Å²) >= 11 is 4.63. The van der Waals surface area contributed by atoms with Crippen LogP contribution in [0, 0.1) is 12.7 Å². The van der Waals surface area contributed by atoms with E-state index in [1.54, 1.807) is 6.07 Å². The molecule has 2 heterocycles. The molecule has 0 aliphatic heterocycles. The van der Waals surface area contributed by atoms with Crippen LogP contribution in [0.15, 0.2) is 27.2 Å². The van der Waals surface area contributed by atoms with Gasteiger partial charge in [0.2, 0.25) is 5.82 Å². The quantitative estimate of drug-likeness (QED) is 0.753. The fourth-order valence-electron chi connectivity index (χ4n) is 1.90. The molecule has 3 aromatic rings. The normalized spacial score (nSPS) is 10.9. The van der Waals surface area contributed by atoms with E-state index in [2.05, 4.69) is 35.8 Å². The van der Waals surface area contributed by atoms with E-state index in [0.717, 1.165) is 16.3 Å². The zero-order valence-electron chi connectivity index (χ0n) is 11.1. The molecule has 3 rings (SSSR count). The van der Waals surface area contributed by atoms with Gasteiger partial charge in [-0.25, -0.2) is 4.39 Å². The maximum absolute atomic E-state index is 13.1. The molecule has 108 valence electrons. The number of benzene rings is 1. The van der Waals surface area contributed by atoms with Gasteiger partial charge in [-0.15, -0.1) is 0 Å². The van der Waals surface area contributed by atoms with E-state index < -0.39 is 0 Å². The maximum atomic E-state index is 13.1. The largest absolute Gasteiger partial charge is 0.378 e. The standard InChI is InChI=1S/C13H10BrFN4OS/c1-6-10(13(16-2)21-19-6)12-17-11(18-20-12)8-4-3-7(15)5-9(8)14/h3-5,16H,1-2H3. The molecule has 0 bridgehead atoms. The molecule has 2 aromatic heterocycles. The van der Waals surface area contributed by atoms with E-state index in [0.29, 0.717) is 21.8 Å². The van der Waals surface area contributed by atoms with Gasteiger partial charge in [-0.2, -0.15) is 9.36 Å². The number of nitrogens with one attached hydrogen (secondary N) is 1. The molecule has 0 radical (unpaired) electrons. The Labute approximate surface area is 132 Å². The molecule has 1 aromatic carbocycles. The lowest BCUT2D eigenvalue weighted by atomic mass is 10.2. The van der Waals surface area contributed by atoms with Crippen molar-refractivity contribution < 1.29 is 8.91 Å². The fraction of sp³-hybridized carbons (Fsp3) is 0.154. The van der Waals surface area contributed by atoms with Gasteiger partial charge in [-0.3, -0.25) is 0 Å².